The van der Waals surface area contributed by atoms with Crippen molar-refractivity contribution in [3.05, 3.63) is 47.2 Å². The molecule has 0 unspecified atom stereocenters. The topological polar surface area (TPSA) is 50.7 Å². The molecule has 1 aromatic rings. The van der Waals surface area contributed by atoms with Crippen molar-refractivity contribution in [2.45, 2.75) is 26.2 Å². The van der Waals surface area contributed by atoms with Gasteiger partial charge in [-0.3, -0.25) is 4.99 Å². The van der Waals surface area contributed by atoms with Crippen molar-refractivity contribution in [3.63, 3.8) is 0 Å². The molecule has 21 heavy (non-hydrogen) atoms. The SMILES string of the molecule is CCOC(=O)C1=C(NCCN=Cc2ccccc2)CCC1. The summed E-state index contributed by atoms with van der Waals surface area (Å²) in [5.74, 6) is -0.176. The Morgan fingerprint density at radius 3 is 2.90 bits per heavy atom. The van der Waals surface area contributed by atoms with Gasteiger partial charge in [-0.25, -0.2) is 4.79 Å². The van der Waals surface area contributed by atoms with Gasteiger partial charge in [-0.2, -0.15) is 0 Å². The van der Waals surface area contributed by atoms with Crippen LogP contribution in [0, 0.1) is 0 Å². The van der Waals surface area contributed by atoms with Crippen LogP contribution in [0.1, 0.15) is 31.7 Å². The molecule has 1 aliphatic rings. The van der Waals surface area contributed by atoms with Gasteiger partial charge in [0.1, 0.15) is 0 Å². The van der Waals surface area contributed by atoms with Crippen LogP contribution in [0.2, 0.25) is 0 Å². The van der Waals surface area contributed by atoms with Gasteiger partial charge in [0.15, 0.2) is 0 Å². The molecule has 0 atom stereocenters. The first-order valence-corrected chi connectivity index (χ1v) is 7.49. The Labute approximate surface area is 125 Å². The molecule has 0 spiro atoms. The summed E-state index contributed by atoms with van der Waals surface area (Å²) < 4.78 is 5.07. The average molecular weight is 286 g/mol. The summed E-state index contributed by atoms with van der Waals surface area (Å²) in [4.78, 5) is 16.2. The van der Waals surface area contributed by atoms with Crippen molar-refractivity contribution in [1.29, 1.82) is 0 Å². The lowest BCUT2D eigenvalue weighted by Crippen LogP contribution is -2.19. The number of nitrogens with zero attached hydrogens (tertiary/aromatic N) is 1. The second kappa shape index (κ2) is 8.25. The maximum atomic E-state index is 11.8. The highest BCUT2D eigenvalue weighted by Crippen LogP contribution is 2.24. The molecule has 0 aromatic heterocycles. The monoisotopic (exact) mass is 286 g/mol. The normalized spacial score (nSPS) is 14.7. The van der Waals surface area contributed by atoms with Crippen molar-refractivity contribution in [1.82, 2.24) is 5.32 Å². The molecule has 0 amide bonds. The van der Waals surface area contributed by atoms with E-state index in [1.165, 1.54) is 0 Å². The summed E-state index contributed by atoms with van der Waals surface area (Å²) in [5.41, 5.74) is 2.94. The van der Waals surface area contributed by atoms with Gasteiger partial charge >= 0.3 is 5.97 Å². The molecular weight excluding hydrogens is 264 g/mol. The molecule has 0 saturated carbocycles. The van der Waals surface area contributed by atoms with E-state index in [0.717, 1.165) is 42.6 Å². The van der Waals surface area contributed by atoms with Crippen LogP contribution < -0.4 is 5.32 Å². The van der Waals surface area contributed by atoms with E-state index >= 15 is 0 Å². The molecule has 112 valence electrons. The number of ether oxygens (including phenoxy) is 1. The average Bonchev–Trinajstić information content (AvgIpc) is 2.97. The summed E-state index contributed by atoms with van der Waals surface area (Å²) in [6, 6.07) is 10.0. The molecule has 1 aliphatic carbocycles. The van der Waals surface area contributed by atoms with Gasteiger partial charge in [0, 0.05) is 18.5 Å². The predicted molar refractivity (Wildman–Crippen MR) is 84.4 cm³/mol. The number of rotatable bonds is 7. The zero-order valence-corrected chi connectivity index (χ0v) is 12.5. The Morgan fingerprint density at radius 1 is 1.33 bits per heavy atom. The van der Waals surface area contributed by atoms with E-state index in [1.807, 2.05) is 43.5 Å². The molecular formula is C17H22N2O2. The van der Waals surface area contributed by atoms with Crippen LogP contribution >= 0.6 is 0 Å². The maximum absolute atomic E-state index is 11.8. The Balaban J connectivity index is 1.78. The molecule has 4 heteroatoms. The number of hydrogen-bond donors (Lipinski definition) is 1. The first kappa shape index (κ1) is 15.3. The van der Waals surface area contributed by atoms with Crippen molar-refractivity contribution in [2.24, 2.45) is 4.99 Å². The van der Waals surface area contributed by atoms with E-state index in [-0.39, 0.29) is 5.97 Å². The molecule has 1 N–H and O–H groups in total. The smallest absolute Gasteiger partial charge is 0.335 e. The summed E-state index contributed by atoms with van der Waals surface area (Å²) in [5, 5.41) is 3.32. The third kappa shape index (κ3) is 4.74. The lowest BCUT2D eigenvalue weighted by molar-refractivity contribution is -0.138. The summed E-state index contributed by atoms with van der Waals surface area (Å²) in [6.45, 7) is 3.69. The van der Waals surface area contributed by atoms with Crippen molar-refractivity contribution >= 4 is 12.2 Å². The van der Waals surface area contributed by atoms with Gasteiger partial charge in [-0.1, -0.05) is 30.3 Å². The van der Waals surface area contributed by atoms with Gasteiger partial charge in [-0.15, -0.1) is 0 Å². The van der Waals surface area contributed by atoms with Gasteiger partial charge in [0.2, 0.25) is 0 Å². The van der Waals surface area contributed by atoms with Crippen molar-refractivity contribution < 1.29 is 9.53 Å². The Morgan fingerprint density at radius 2 is 2.14 bits per heavy atom. The summed E-state index contributed by atoms with van der Waals surface area (Å²) >= 11 is 0. The molecule has 0 bridgehead atoms. The summed E-state index contributed by atoms with van der Waals surface area (Å²) in [7, 11) is 0. The number of carbonyl (C=O) groups is 1. The van der Waals surface area contributed by atoms with E-state index in [9.17, 15) is 4.79 Å². The van der Waals surface area contributed by atoms with E-state index in [1.54, 1.807) is 0 Å². The van der Waals surface area contributed by atoms with E-state index in [2.05, 4.69) is 10.3 Å². The van der Waals surface area contributed by atoms with Gasteiger partial charge in [-0.05, 0) is 31.7 Å². The van der Waals surface area contributed by atoms with Crippen LogP contribution in [-0.4, -0.2) is 31.9 Å². The highest BCUT2D eigenvalue weighted by atomic mass is 16.5. The number of carbonyl (C=O) groups excluding carboxylic acids is 1. The van der Waals surface area contributed by atoms with Crippen LogP contribution in [-0.2, 0) is 9.53 Å². The fourth-order valence-electron chi connectivity index (χ4n) is 2.36. The third-order valence-electron chi connectivity index (χ3n) is 3.36. The Hall–Kier alpha value is -2.10. The van der Waals surface area contributed by atoms with Crippen LogP contribution in [0.5, 0.6) is 0 Å². The second-order valence-corrected chi connectivity index (χ2v) is 4.90. The van der Waals surface area contributed by atoms with Gasteiger partial charge in [0.05, 0.1) is 18.7 Å². The minimum absolute atomic E-state index is 0.176. The second-order valence-electron chi connectivity index (χ2n) is 4.90. The van der Waals surface area contributed by atoms with E-state index in [4.69, 9.17) is 4.74 Å². The number of benzene rings is 1. The number of aliphatic imine (C=N–C) groups is 1. The van der Waals surface area contributed by atoms with Crippen LogP contribution in [0.3, 0.4) is 0 Å². The summed E-state index contributed by atoms with van der Waals surface area (Å²) in [6.07, 6.45) is 4.63. The highest BCUT2D eigenvalue weighted by Gasteiger charge is 2.21. The molecule has 0 radical (unpaired) electrons. The van der Waals surface area contributed by atoms with Crippen molar-refractivity contribution in [2.75, 3.05) is 19.7 Å². The standard InChI is InChI=1S/C17H22N2O2/c1-2-21-17(20)15-9-6-10-16(15)19-12-11-18-13-14-7-4-3-5-8-14/h3-5,7-8,13,19H,2,6,9-12H2,1H3. The molecule has 0 heterocycles. The first-order valence-electron chi connectivity index (χ1n) is 7.49. The number of nitrogens with one attached hydrogen (secondary N) is 1. The Bertz CT molecular complexity index is 521. The zero-order chi connectivity index (χ0) is 14.9. The Kier molecular flexibility index (Phi) is 6.00. The first-order chi connectivity index (χ1) is 10.3. The van der Waals surface area contributed by atoms with Gasteiger partial charge < -0.3 is 10.1 Å². The quantitative estimate of drug-likeness (QED) is 0.476. The number of esters is 1. The third-order valence-corrected chi connectivity index (χ3v) is 3.36. The lowest BCUT2D eigenvalue weighted by atomic mass is 10.2. The number of hydrogen-bond acceptors (Lipinski definition) is 4. The van der Waals surface area contributed by atoms with Crippen LogP contribution in [0.15, 0.2) is 46.6 Å². The molecule has 0 saturated heterocycles. The van der Waals surface area contributed by atoms with Crippen molar-refractivity contribution in [3.8, 4) is 0 Å². The molecule has 4 nitrogen and oxygen atoms in total. The minimum atomic E-state index is -0.176. The van der Waals surface area contributed by atoms with E-state index in [0.29, 0.717) is 13.2 Å². The lowest BCUT2D eigenvalue weighted by Gasteiger charge is -2.08. The molecule has 0 fully saturated rings. The largest absolute Gasteiger partial charge is 0.463 e. The molecule has 0 aliphatic heterocycles. The van der Waals surface area contributed by atoms with Gasteiger partial charge in [0.25, 0.3) is 0 Å². The van der Waals surface area contributed by atoms with Crippen LogP contribution in [0.4, 0.5) is 0 Å². The van der Waals surface area contributed by atoms with Crippen LogP contribution in [0.25, 0.3) is 0 Å². The zero-order valence-electron chi connectivity index (χ0n) is 12.5. The number of allylic oxidation sites excluding steroid dienone is 1. The fourth-order valence-corrected chi connectivity index (χ4v) is 2.36. The predicted octanol–water partition coefficient (Wildman–Crippen LogP) is 2.70. The molecule has 1 aromatic carbocycles. The maximum Gasteiger partial charge on any atom is 0.335 e. The van der Waals surface area contributed by atoms with E-state index < -0.39 is 0 Å². The fraction of sp³-hybridized carbons (Fsp3) is 0.412. The minimum Gasteiger partial charge on any atom is -0.463 e. The molecule has 2 rings (SSSR count). The highest BCUT2D eigenvalue weighted by molar-refractivity contribution is 5.89.